The zero-order chi connectivity index (χ0) is 15.2. The number of aromatic nitrogens is 3. The molecule has 5 nitrogen and oxygen atoms in total. The monoisotopic (exact) mass is 311 g/mol. The summed E-state index contributed by atoms with van der Waals surface area (Å²) in [4.78, 5) is 4.38. The van der Waals surface area contributed by atoms with Gasteiger partial charge in [0.15, 0.2) is 5.82 Å². The Labute approximate surface area is 133 Å². The summed E-state index contributed by atoms with van der Waals surface area (Å²) < 4.78 is 0. The summed E-state index contributed by atoms with van der Waals surface area (Å²) in [5, 5.41) is 14.9. The largest absolute Gasteiger partial charge is 0.365 e. The van der Waals surface area contributed by atoms with E-state index in [0.29, 0.717) is 23.3 Å². The summed E-state index contributed by atoms with van der Waals surface area (Å²) in [6.07, 6.45) is 1.59. The second-order valence-corrected chi connectivity index (χ2v) is 5.07. The van der Waals surface area contributed by atoms with Crippen molar-refractivity contribution in [3.63, 3.8) is 0 Å². The van der Waals surface area contributed by atoms with E-state index in [0.717, 1.165) is 5.69 Å². The van der Waals surface area contributed by atoms with Crippen LogP contribution in [0.3, 0.4) is 0 Å². The normalized spacial score (nSPS) is 10.2. The third kappa shape index (κ3) is 3.93. The predicted molar refractivity (Wildman–Crippen MR) is 88.3 cm³/mol. The molecular formula is C16H14ClN5. The first-order valence-corrected chi connectivity index (χ1v) is 7.17. The average molecular weight is 312 g/mol. The summed E-state index contributed by atoms with van der Waals surface area (Å²) in [7, 11) is 0. The van der Waals surface area contributed by atoms with E-state index in [-0.39, 0.29) is 0 Å². The van der Waals surface area contributed by atoms with E-state index in [2.05, 4.69) is 37.9 Å². The van der Waals surface area contributed by atoms with Crippen molar-refractivity contribution in [2.24, 2.45) is 0 Å². The van der Waals surface area contributed by atoms with Crippen LogP contribution in [0.2, 0.25) is 5.02 Å². The molecule has 0 aliphatic heterocycles. The molecule has 1 heterocycles. The van der Waals surface area contributed by atoms with Crippen molar-refractivity contribution in [2.75, 3.05) is 10.6 Å². The van der Waals surface area contributed by atoms with Gasteiger partial charge in [0.25, 0.3) is 0 Å². The Morgan fingerprint density at radius 3 is 2.50 bits per heavy atom. The molecule has 0 saturated heterocycles. The number of nitrogens with one attached hydrogen (secondary N) is 2. The third-order valence-electron chi connectivity index (χ3n) is 2.98. The van der Waals surface area contributed by atoms with Crippen molar-refractivity contribution in [3.05, 3.63) is 71.4 Å². The fourth-order valence-corrected chi connectivity index (χ4v) is 2.02. The van der Waals surface area contributed by atoms with Gasteiger partial charge in [0.2, 0.25) is 5.95 Å². The molecule has 1 aromatic heterocycles. The molecule has 6 heteroatoms. The fraction of sp³-hybridized carbons (Fsp3) is 0.0625. The van der Waals surface area contributed by atoms with E-state index < -0.39 is 0 Å². The smallest absolute Gasteiger partial charge is 0.249 e. The highest BCUT2D eigenvalue weighted by Crippen LogP contribution is 2.17. The molecule has 0 amide bonds. The second-order valence-electron chi connectivity index (χ2n) is 4.64. The van der Waals surface area contributed by atoms with Gasteiger partial charge in [-0.2, -0.15) is 10.1 Å². The van der Waals surface area contributed by atoms with E-state index in [1.165, 1.54) is 5.56 Å². The van der Waals surface area contributed by atoms with Crippen LogP contribution in [0.25, 0.3) is 0 Å². The fourth-order valence-electron chi connectivity index (χ4n) is 1.89. The Kier molecular flexibility index (Phi) is 4.46. The lowest BCUT2D eigenvalue weighted by molar-refractivity contribution is 0.966. The van der Waals surface area contributed by atoms with Crippen molar-refractivity contribution in [1.29, 1.82) is 0 Å². The molecule has 0 fully saturated rings. The lowest BCUT2D eigenvalue weighted by Gasteiger charge is -2.07. The van der Waals surface area contributed by atoms with Crippen LogP contribution in [0.15, 0.2) is 60.8 Å². The molecule has 0 unspecified atom stereocenters. The summed E-state index contributed by atoms with van der Waals surface area (Å²) in [5.74, 6) is 1.09. The van der Waals surface area contributed by atoms with Gasteiger partial charge in [0.1, 0.15) is 0 Å². The highest BCUT2D eigenvalue weighted by atomic mass is 35.5. The molecule has 2 aromatic carbocycles. The van der Waals surface area contributed by atoms with E-state index >= 15 is 0 Å². The number of rotatable bonds is 5. The van der Waals surface area contributed by atoms with Crippen LogP contribution in [0.1, 0.15) is 5.56 Å². The molecule has 110 valence electrons. The number of nitrogens with zero attached hydrogens (tertiary/aromatic N) is 3. The number of halogens is 1. The van der Waals surface area contributed by atoms with E-state index in [9.17, 15) is 0 Å². The highest BCUT2D eigenvalue weighted by Gasteiger charge is 2.01. The summed E-state index contributed by atoms with van der Waals surface area (Å²) in [6.45, 7) is 0.680. The minimum absolute atomic E-state index is 0.431. The maximum atomic E-state index is 5.86. The molecule has 3 rings (SSSR count). The molecular weight excluding hydrogens is 298 g/mol. The first-order valence-electron chi connectivity index (χ1n) is 6.80. The molecule has 0 aliphatic rings. The van der Waals surface area contributed by atoms with Gasteiger partial charge < -0.3 is 10.6 Å². The zero-order valence-corrected chi connectivity index (χ0v) is 12.5. The molecule has 0 saturated carbocycles. The molecule has 0 spiro atoms. The Hall–Kier alpha value is -2.66. The van der Waals surface area contributed by atoms with Gasteiger partial charge in [0.05, 0.1) is 6.20 Å². The van der Waals surface area contributed by atoms with Gasteiger partial charge in [-0.05, 0) is 29.8 Å². The lowest BCUT2D eigenvalue weighted by Crippen LogP contribution is -2.05. The van der Waals surface area contributed by atoms with Gasteiger partial charge in [-0.25, -0.2) is 0 Å². The highest BCUT2D eigenvalue weighted by molar-refractivity contribution is 6.30. The topological polar surface area (TPSA) is 62.7 Å². The van der Waals surface area contributed by atoms with E-state index in [1.54, 1.807) is 18.3 Å². The number of hydrogen-bond acceptors (Lipinski definition) is 5. The molecule has 0 atom stereocenters. The predicted octanol–water partition coefficient (Wildman–Crippen LogP) is 3.88. The van der Waals surface area contributed by atoms with Crippen LogP contribution in [0.5, 0.6) is 0 Å². The summed E-state index contributed by atoms with van der Waals surface area (Å²) >= 11 is 5.86. The first kappa shape index (κ1) is 14.3. The van der Waals surface area contributed by atoms with Gasteiger partial charge >= 0.3 is 0 Å². The van der Waals surface area contributed by atoms with Crippen molar-refractivity contribution in [3.8, 4) is 0 Å². The van der Waals surface area contributed by atoms with Crippen LogP contribution in [0, 0.1) is 0 Å². The minimum Gasteiger partial charge on any atom is -0.365 e. The Morgan fingerprint density at radius 2 is 1.73 bits per heavy atom. The number of benzene rings is 2. The Morgan fingerprint density at radius 1 is 0.955 bits per heavy atom. The molecule has 2 N–H and O–H groups in total. The lowest BCUT2D eigenvalue weighted by atomic mass is 10.2. The quantitative estimate of drug-likeness (QED) is 0.748. The summed E-state index contributed by atoms with van der Waals surface area (Å²) in [6, 6.07) is 17.4. The van der Waals surface area contributed by atoms with Crippen LogP contribution in [-0.4, -0.2) is 15.2 Å². The van der Waals surface area contributed by atoms with Gasteiger partial charge in [0, 0.05) is 17.3 Å². The van der Waals surface area contributed by atoms with E-state index in [4.69, 9.17) is 11.6 Å². The van der Waals surface area contributed by atoms with Crippen molar-refractivity contribution in [2.45, 2.75) is 6.54 Å². The van der Waals surface area contributed by atoms with Gasteiger partial charge in [-0.3, -0.25) is 0 Å². The average Bonchev–Trinajstić information content (AvgIpc) is 2.57. The van der Waals surface area contributed by atoms with Gasteiger partial charge in [-0.15, -0.1) is 5.10 Å². The maximum absolute atomic E-state index is 5.86. The molecule has 22 heavy (non-hydrogen) atoms. The Balaban J connectivity index is 1.66. The molecule has 0 aliphatic carbocycles. The number of anilines is 3. The molecule has 0 radical (unpaired) electrons. The minimum atomic E-state index is 0.431. The molecule has 3 aromatic rings. The van der Waals surface area contributed by atoms with Crippen molar-refractivity contribution < 1.29 is 0 Å². The van der Waals surface area contributed by atoms with Crippen molar-refractivity contribution in [1.82, 2.24) is 15.2 Å². The van der Waals surface area contributed by atoms with Crippen molar-refractivity contribution >= 4 is 29.1 Å². The third-order valence-corrected chi connectivity index (χ3v) is 3.23. The van der Waals surface area contributed by atoms with Gasteiger partial charge in [-0.1, -0.05) is 41.9 Å². The van der Waals surface area contributed by atoms with Crippen LogP contribution in [-0.2, 0) is 6.54 Å². The standard InChI is InChI=1S/C16H14ClN5/c17-13-6-8-14(9-7-13)20-16-21-15(11-19-22-16)18-10-12-4-2-1-3-5-12/h1-9,11H,10H2,(H2,18,20,21,22). The SMILES string of the molecule is Clc1ccc(Nc2nncc(NCc3ccccc3)n2)cc1. The van der Waals surface area contributed by atoms with E-state index in [1.807, 2.05) is 30.3 Å². The zero-order valence-electron chi connectivity index (χ0n) is 11.7. The summed E-state index contributed by atoms with van der Waals surface area (Å²) in [5.41, 5.74) is 2.03. The Bertz CT molecular complexity index is 731. The van der Waals surface area contributed by atoms with Crippen LogP contribution in [0.4, 0.5) is 17.5 Å². The molecule has 0 bridgehead atoms. The maximum Gasteiger partial charge on any atom is 0.249 e. The second kappa shape index (κ2) is 6.87. The van der Waals surface area contributed by atoms with Crippen LogP contribution >= 0.6 is 11.6 Å². The van der Waals surface area contributed by atoms with Crippen LogP contribution < -0.4 is 10.6 Å². The number of hydrogen-bond donors (Lipinski definition) is 2. The first-order chi connectivity index (χ1) is 10.8.